The normalized spacial score (nSPS) is 11.3. The third kappa shape index (κ3) is 3.72. The Morgan fingerprint density at radius 1 is 1.12 bits per heavy atom. The first-order valence-corrected chi connectivity index (χ1v) is 8.93. The number of aromatic nitrogens is 2. The molecule has 0 spiro atoms. The summed E-state index contributed by atoms with van der Waals surface area (Å²) in [5, 5.41) is 9.76. The van der Waals surface area contributed by atoms with Gasteiger partial charge in [-0.1, -0.05) is 23.3 Å². The Morgan fingerprint density at radius 3 is 2.60 bits per heavy atom. The van der Waals surface area contributed by atoms with E-state index in [2.05, 4.69) is 15.5 Å². The zero-order valence-electron chi connectivity index (χ0n) is 12.9. The van der Waals surface area contributed by atoms with Gasteiger partial charge in [-0.05, 0) is 30.3 Å². The Balaban J connectivity index is 1.88. The van der Waals surface area contributed by atoms with Gasteiger partial charge in [0.05, 0.1) is 10.5 Å². The molecule has 1 heterocycles. The average molecular weight is 361 g/mol. The first kappa shape index (κ1) is 16.8. The van der Waals surface area contributed by atoms with Crippen molar-refractivity contribution in [1.82, 2.24) is 10.2 Å². The van der Waals surface area contributed by atoms with Crippen LogP contribution in [-0.4, -0.2) is 30.8 Å². The Labute approximate surface area is 142 Å². The summed E-state index contributed by atoms with van der Waals surface area (Å²) in [5.41, 5.74) is 0.306. The molecule has 0 unspecified atom stereocenters. The number of nitrogens with one attached hydrogen (secondary N) is 1. The Morgan fingerprint density at radius 2 is 1.88 bits per heavy atom. The monoisotopic (exact) mass is 361 g/mol. The summed E-state index contributed by atoms with van der Waals surface area (Å²) >= 11 is 0. The summed E-state index contributed by atoms with van der Waals surface area (Å²) in [6.07, 6.45) is 1.06. The van der Waals surface area contributed by atoms with Gasteiger partial charge in [-0.15, -0.1) is 5.10 Å². The van der Waals surface area contributed by atoms with Crippen LogP contribution < -0.4 is 5.32 Å². The second-order valence-electron chi connectivity index (χ2n) is 5.15. The van der Waals surface area contributed by atoms with Crippen molar-refractivity contribution in [3.63, 3.8) is 0 Å². The maximum absolute atomic E-state index is 13.2. The van der Waals surface area contributed by atoms with Crippen LogP contribution in [0.1, 0.15) is 10.4 Å². The molecule has 3 aromatic rings. The third-order valence-corrected chi connectivity index (χ3v) is 4.40. The minimum atomic E-state index is -3.50. The lowest BCUT2D eigenvalue weighted by molar-refractivity contribution is 0.102. The molecule has 1 N–H and O–H groups in total. The summed E-state index contributed by atoms with van der Waals surface area (Å²) in [6.45, 7) is 0. The number of anilines is 1. The fraction of sp³-hybridized carbons (Fsp3) is 0.0625. The van der Waals surface area contributed by atoms with Crippen molar-refractivity contribution < 1.29 is 22.0 Å². The van der Waals surface area contributed by atoms with Gasteiger partial charge in [-0.2, -0.15) is 0 Å². The van der Waals surface area contributed by atoms with Crippen LogP contribution in [-0.2, 0) is 9.84 Å². The lowest BCUT2D eigenvalue weighted by atomic mass is 10.2. The summed E-state index contributed by atoms with van der Waals surface area (Å²) in [7, 11) is -3.50. The lowest BCUT2D eigenvalue weighted by Crippen LogP contribution is -2.12. The van der Waals surface area contributed by atoms with Gasteiger partial charge in [0.1, 0.15) is 5.82 Å². The van der Waals surface area contributed by atoms with Crippen LogP contribution in [0.5, 0.6) is 0 Å². The second kappa shape index (κ2) is 6.44. The summed E-state index contributed by atoms with van der Waals surface area (Å²) in [6, 6.07) is 11.0. The fourth-order valence-electron chi connectivity index (χ4n) is 2.15. The van der Waals surface area contributed by atoms with Gasteiger partial charge >= 0.3 is 6.01 Å². The highest BCUT2D eigenvalue weighted by Crippen LogP contribution is 2.27. The number of carbonyl (C=O) groups excluding carboxylic acids is 1. The maximum Gasteiger partial charge on any atom is 0.322 e. The molecule has 0 atom stereocenters. The van der Waals surface area contributed by atoms with Gasteiger partial charge in [-0.25, -0.2) is 12.8 Å². The van der Waals surface area contributed by atoms with Crippen LogP contribution in [0.2, 0.25) is 0 Å². The summed E-state index contributed by atoms with van der Waals surface area (Å²) in [4.78, 5) is 12.1. The van der Waals surface area contributed by atoms with Crippen LogP contribution in [0.15, 0.2) is 57.8 Å². The van der Waals surface area contributed by atoms with Crippen LogP contribution in [0.4, 0.5) is 10.4 Å². The minimum Gasteiger partial charge on any atom is -0.403 e. The number of carbonyl (C=O) groups is 1. The standard InChI is InChI=1S/C16H12FN3O4S/c1-25(22,23)13-8-3-2-7-12(13)15-19-20-16(24-15)18-14(21)10-5-4-6-11(17)9-10/h2-9H,1H3,(H,18,20,21). The zero-order chi connectivity index (χ0) is 18.0. The molecule has 25 heavy (non-hydrogen) atoms. The summed E-state index contributed by atoms with van der Waals surface area (Å²) in [5.74, 6) is -1.25. The van der Waals surface area contributed by atoms with Crippen molar-refractivity contribution in [2.24, 2.45) is 0 Å². The fourth-order valence-corrected chi connectivity index (χ4v) is 3.03. The van der Waals surface area contributed by atoms with E-state index >= 15 is 0 Å². The molecule has 0 saturated heterocycles. The van der Waals surface area contributed by atoms with Crippen molar-refractivity contribution in [2.75, 3.05) is 11.6 Å². The lowest BCUT2D eigenvalue weighted by Gasteiger charge is -2.03. The first-order chi connectivity index (χ1) is 11.8. The van der Waals surface area contributed by atoms with Crippen molar-refractivity contribution in [1.29, 1.82) is 0 Å². The maximum atomic E-state index is 13.2. The number of sulfone groups is 1. The number of halogens is 1. The smallest absolute Gasteiger partial charge is 0.322 e. The molecule has 0 bridgehead atoms. The molecule has 1 aromatic heterocycles. The zero-order valence-corrected chi connectivity index (χ0v) is 13.7. The highest BCUT2D eigenvalue weighted by molar-refractivity contribution is 7.90. The van der Waals surface area contributed by atoms with E-state index in [1.54, 1.807) is 12.1 Å². The SMILES string of the molecule is CS(=O)(=O)c1ccccc1-c1nnc(NC(=O)c2cccc(F)c2)o1. The molecule has 0 aliphatic heterocycles. The van der Waals surface area contributed by atoms with E-state index in [0.717, 1.165) is 12.3 Å². The Hall–Kier alpha value is -3.07. The van der Waals surface area contributed by atoms with Crippen molar-refractivity contribution in [3.05, 3.63) is 59.9 Å². The van der Waals surface area contributed by atoms with Gasteiger partial charge in [-0.3, -0.25) is 10.1 Å². The molecule has 7 nitrogen and oxygen atoms in total. The molecule has 2 aromatic carbocycles. The molecule has 0 aliphatic rings. The molecule has 128 valence electrons. The number of rotatable bonds is 4. The van der Waals surface area contributed by atoms with Crippen LogP contribution >= 0.6 is 0 Å². The number of hydrogen-bond donors (Lipinski definition) is 1. The Bertz CT molecular complexity index is 1050. The number of hydrogen-bond acceptors (Lipinski definition) is 6. The van der Waals surface area contributed by atoms with E-state index in [-0.39, 0.29) is 27.9 Å². The van der Waals surface area contributed by atoms with Gasteiger partial charge < -0.3 is 4.42 Å². The molecule has 0 fully saturated rings. The van der Waals surface area contributed by atoms with E-state index in [9.17, 15) is 17.6 Å². The van der Waals surface area contributed by atoms with E-state index < -0.39 is 21.6 Å². The van der Waals surface area contributed by atoms with E-state index in [1.807, 2.05) is 0 Å². The largest absolute Gasteiger partial charge is 0.403 e. The molecule has 3 rings (SSSR count). The first-order valence-electron chi connectivity index (χ1n) is 7.04. The third-order valence-electron chi connectivity index (χ3n) is 3.25. The van der Waals surface area contributed by atoms with E-state index in [4.69, 9.17) is 4.42 Å². The van der Waals surface area contributed by atoms with Crippen LogP contribution in [0.25, 0.3) is 11.5 Å². The van der Waals surface area contributed by atoms with Crippen LogP contribution in [0, 0.1) is 5.82 Å². The predicted molar refractivity (Wildman–Crippen MR) is 87.2 cm³/mol. The van der Waals surface area contributed by atoms with Crippen molar-refractivity contribution in [3.8, 4) is 11.5 Å². The quantitative estimate of drug-likeness (QED) is 0.766. The number of nitrogens with zero attached hydrogens (tertiary/aromatic N) is 2. The average Bonchev–Trinajstić information content (AvgIpc) is 3.02. The van der Waals surface area contributed by atoms with Crippen molar-refractivity contribution in [2.45, 2.75) is 4.90 Å². The highest BCUT2D eigenvalue weighted by Gasteiger charge is 2.19. The van der Waals surface area contributed by atoms with E-state index in [0.29, 0.717) is 0 Å². The summed E-state index contributed by atoms with van der Waals surface area (Å²) < 4.78 is 42.1. The van der Waals surface area contributed by atoms with Gasteiger partial charge in [0.15, 0.2) is 9.84 Å². The molecular weight excluding hydrogens is 349 g/mol. The topological polar surface area (TPSA) is 102 Å². The molecule has 0 radical (unpaired) electrons. The molecular formula is C16H12FN3O4S. The van der Waals surface area contributed by atoms with Crippen LogP contribution in [0.3, 0.4) is 0 Å². The highest BCUT2D eigenvalue weighted by atomic mass is 32.2. The minimum absolute atomic E-state index is 0.0293. The van der Waals surface area contributed by atoms with Gasteiger partial charge in [0.25, 0.3) is 11.8 Å². The molecule has 9 heteroatoms. The molecule has 0 aliphatic carbocycles. The van der Waals surface area contributed by atoms with Gasteiger partial charge in [0.2, 0.25) is 0 Å². The Kier molecular flexibility index (Phi) is 4.32. The number of amides is 1. The molecule has 1 amide bonds. The second-order valence-corrected chi connectivity index (χ2v) is 7.13. The van der Waals surface area contributed by atoms with Crippen molar-refractivity contribution >= 4 is 21.8 Å². The molecule has 0 saturated carbocycles. The van der Waals surface area contributed by atoms with E-state index in [1.165, 1.54) is 30.3 Å². The predicted octanol–water partition coefficient (Wildman–Crippen LogP) is 2.53. The van der Waals surface area contributed by atoms with Gasteiger partial charge in [0, 0.05) is 11.8 Å². The number of benzene rings is 2.